The first-order valence-electron chi connectivity index (χ1n) is 8.63. The molecule has 1 heterocycles. The van der Waals surface area contributed by atoms with Crippen molar-refractivity contribution in [3.05, 3.63) is 53.8 Å². The molecule has 3 rings (SSSR count). The number of hydrogen-bond donors (Lipinski definition) is 2. The van der Waals surface area contributed by atoms with E-state index in [1.807, 2.05) is 4.90 Å². The van der Waals surface area contributed by atoms with E-state index >= 15 is 0 Å². The molecule has 0 unspecified atom stereocenters. The molecule has 2 aromatic rings. The average molecular weight is 365 g/mol. The molecule has 0 aromatic heterocycles. The molecule has 140 valence electrons. The molecule has 2 aromatic carbocycles. The van der Waals surface area contributed by atoms with Crippen LogP contribution in [0.3, 0.4) is 0 Å². The molecule has 26 heavy (non-hydrogen) atoms. The summed E-state index contributed by atoms with van der Waals surface area (Å²) in [5.74, 6) is 0.239. The Hall–Kier alpha value is -2.41. The Morgan fingerprint density at radius 2 is 1.77 bits per heavy atom. The molecule has 1 saturated heterocycles. The zero-order valence-corrected chi connectivity index (χ0v) is 14.5. The van der Waals surface area contributed by atoms with Gasteiger partial charge in [-0.05, 0) is 43.0 Å². The van der Waals surface area contributed by atoms with Gasteiger partial charge in [-0.2, -0.15) is 5.17 Å². The zero-order chi connectivity index (χ0) is 18.7. The van der Waals surface area contributed by atoms with E-state index in [9.17, 15) is 18.4 Å². The summed E-state index contributed by atoms with van der Waals surface area (Å²) in [5.41, 5.74) is 3.71. The number of hydrogen-bond acceptors (Lipinski definition) is 4. The first kappa shape index (κ1) is 18.4. The molecule has 0 aliphatic carbocycles. The lowest BCUT2D eigenvalue weighted by Gasteiger charge is -2.34. The lowest BCUT2D eigenvalue weighted by Crippen LogP contribution is -2.35. The summed E-state index contributed by atoms with van der Waals surface area (Å²) in [6.45, 7) is 3.66. The van der Waals surface area contributed by atoms with Gasteiger partial charge in [0.1, 0.15) is 5.82 Å². The smallest absolute Gasteiger partial charge is 0.263 e. The van der Waals surface area contributed by atoms with E-state index in [0.717, 1.165) is 25.9 Å². The van der Waals surface area contributed by atoms with Gasteiger partial charge in [0.15, 0.2) is 0 Å². The van der Waals surface area contributed by atoms with Crippen LogP contribution in [0, 0.1) is 11.7 Å². The van der Waals surface area contributed by atoms with Crippen LogP contribution < -0.4 is 15.5 Å². The van der Waals surface area contributed by atoms with Gasteiger partial charge in [-0.3, -0.25) is 10.6 Å². The van der Waals surface area contributed by atoms with Crippen molar-refractivity contribution in [1.82, 2.24) is 0 Å². The Morgan fingerprint density at radius 3 is 2.38 bits per heavy atom. The molecule has 1 aliphatic heterocycles. The van der Waals surface area contributed by atoms with Crippen LogP contribution in [0.5, 0.6) is 0 Å². The predicted molar refractivity (Wildman–Crippen MR) is 96.3 cm³/mol. The van der Waals surface area contributed by atoms with Gasteiger partial charge in [0.2, 0.25) is 0 Å². The van der Waals surface area contributed by atoms with Crippen LogP contribution in [0.15, 0.2) is 42.5 Å². The highest BCUT2D eigenvalue weighted by atomic mass is 19.3. The number of rotatable bonds is 5. The largest absolute Gasteiger partial charge is 0.367 e. The quantitative estimate of drug-likeness (QED) is 0.713. The number of anilines is 3. The number of benzene rings is 2. The molecule has 7 heteroatoms. The lowest BCUT2D eigenvalue weighted by atomic mass is 9.98. The molecular formula is C19H22F3N3O. The first-order chi connectivity index (χ1) is 12.5. The number of para-hydroxylation sites is 1. The van der Waals surface area contributed by atoms with Gasteiger partial charge in [0, 0.05) is 18.7 Å². The van der Waals surface area contributed by atoms with Crippen molar-refractivity contribution in [1.29, 1.82) is 0 Å². The molecule has 0 spiro atoms. The minimum absolute atomic E-state index is 0.129. The summed E-state index contributed by atoms with van der Waals surface area (Å²) in [6.07, 6.45) is -0.613. The monoisotopic (exact) mass is 365 g/mol. The van der Waals surface area contributed by atoms with Crippen molar-refractivity contribution >= 4 is 17.1 Å². The van der Waals surface area contributed by atoms with E-state index in [-0.39, 0.29) is 17.1 Å². The third-order valence-electron chi connectivity index (χ3n) is 4.70. The second-order valence-electron chi connectivity index (χ2n) is 6.62. The Bertz CT molecular complexity index is 731. The van der Waals surface area contributed by atoms with Crippen LogP contribution in [-0.2, 0) is 0 Å². The summed E-state index contributed by atoms with van der Waals surface area (Å²) < 4.78 is 39.7. The van der Waals surface area contributed by atoms with Gasteiger partial charge >= 0.3 is 0 Å². The third kappa shape index (κ3) is 4.04. The molecule has 0 saturated carbocycles. The van der Waals surface area contributed by atoms with Gasteiger partial charge in [0.25, 0.3) is 6.43 Å². The van der Waals surface area contributed by atoms with Crippen LogP contribution in [0.1, 0.15) is 31.8 Å². The van der Waals surface area contributed by atoms with Crippen LogP contribution in [0.2, 0.25) is 0 Å². The van der Waals surface area contributed by atoms with Gasteiger partial charge < -0.3 is 4.90 Å². The molecule has 4 nitrogen and oxygen atoms in total. The molecule has 1 aliphatic rings. The minimum Gasteiger partial charge on any atom is -0.367 e. The Balaban J connectivity index is 1.79. The summed E-state index contributed by atoms with van der Waals surface area (Å²) in [7, 11) is 0. The van der Waals surface area contributed by atoms with E-state index < -0.39 is 6.43 Å². The Morgan fingerprint density at radius 1 is 1.12 bits per heavy atom. The van der Waals surface area contributed by atoms with Crippen molar-refractivity contribution in [3.8, 4) is 0 Å². The highest BCUT2D eigenvalue weighted by Gasteiger charge is 2.22. The Kier molecular flexibility index (Phi) is 5.56. The zero-order valence-electron chi connectivity index (χ0n) is 14.5. The topological polar surface area (TPSA) is 38.7 Å². The van der Waals surface area contributed by atoms with Crippen LogP contribution in [0.25, 0.3) is 0 Å². The maximum absolute atomic E-state index is 14.5. The molecule has 0 amide bonds. The molecule has 0 bridgehead atoms. The maximum Gasteiger partial charge on any atom is 0.263 e. The number of nitrogens with one attached hydrogen (secondary N) is 1. The van der Waals surface area contributed by atoms with Crippen LogP contribution >= 0.6 is 0 Å². The molecule has 2 N–H and O–H groups in total. The average Bonchev–Trinajstić information content (AvgIpc) is 2.63. The van der Waals surface area contributed by atoms with Gasteiger partial charge in [-0.15, -0.1) is 0 Å². The van der Waals surface area contributed by atoms with Crippen molar-refractivity contribution in [3.63, 3.8) is 0 Å². The van der Waals surface area contributed by atoms with Crippen LogP contribution in [0.4, 0.5) is 30.2 Å². The maximum atomic E-state index is 14.5. The molecule has 0 radical (unpaired) electrons. The van der Waals surface area contributed by atoms with Crippen molar-refractivity contribution in [2.45, 2.75) is 26.2 Å². The second-order valence-corrected chi connectivity index (χ2v) is 6.62. The molecule has 1 fully saturated rings. The van der Waals surface area contributed by atoms with E-state index in [1.165, 1.54) is 30.3 Å². The van der Waals surface area contributed by atoms with E-state index in [1.54, 1.807) is 12.1 Å². The fourth-order valence-electron chi connectivity index (χ4n) is 3.10. The highest BCUT2D eigenvalue weighted by molar-refractivity contribution is 5.72. The normalized spacial score (nSPS) is 15.4. The highest BCUT2D eigenvalue weighted by Crippen LogP contribution is 2.33. The molecular weight excluding hydrogens is 343 g/mol. The minimum atomic E-state index is -2.57. The van der Waals surface area contributed by atoms with Gasteiger partial charge in [-0.25, -0.2) is 13.2 Å². The summed E-state index contributed by atoms with van der Waals surface area (Å²) >= 11 is 0. The van der Waals surface area contributed by atoms with Crippen LogP contribution in [-0.4, -0.2) is 18.3 Å². The fourth-order valence-corrected chi connectivity index (χ4v) is 3.10. The Labute approximate surface area is 150 Å². The van der Waals surface area contributed by atoms with E-state index in [4.69, 9.17) is 0 Å². The van der Waals surface area contributed by atoms with Crippen molar-refractivity contribution in [2.75, 3.05) is 28.6 Å². The van der Waals surface area contributed by atoms with Crippen molar-refractivity contribution in [2.24, 2.45) is 5.92 Å². The summed E-state index contributed by atoms with van der Waals surface area (Å²) in [4.78, 5) is 1.96. The van der Waals surface area contributed by atoms with E-state index in [2.05, 4.69) is 12.3 Å². The van der Waals surface area contributed by atoms with Gasteiger partial charge in [-0.1, -0.05) is 25.1 Å². The fraction of sp³-hybridized carbons (Fsp3) is 0.368. The first-order valence-corrected chi connectivity index (χ1v) is 8.63. The number of halogens is 3. The SMILES string of the molecule is CC1CCN(c2c(F)cccc2NN(O)c2ccc(C(F)F)cc2)CC1. The number of nitrogens with zero attached hydrogens (tertiary/aromatic N) is 2. The van der Waals surface area contributed by atoms with E-state index in [0.29, 0.717) is 22.5 Å². The number of hydrazine groups is 1. The number of alkyl halides is 2. The standard InChI is InChI=1S/C19H22F3N3O/c1-13-9-11-24(12-10-13)18-16(20)3-2-4-17(18)23-25(26)15-7-5-14(6-8-15)19(21)22/h2-8,13,19,23,26H,9-12H2,1H3. The lowest BCUT2D eigenvalue weighted by molar-refractivity contribution is 0.151. The van der Waals surface area contributed by atoms with Crippen molar-refractivity contribution < 1.29 is 18.4 Å². The third-order valence-corrected chi connectivity index (χ3v) is 4.70. The summed E-state index contributed by atoms with van der Waals surface area (Å²) in [5, 5.41) is 11.0. The van der Waals surface area contributed by atoms with Gasteiger partial charge in [0.05, 0.1) is 17.1 Å². The predicted octanol–water partition coefficient (Wildman–Crippen LogP) is 5.22. The number of piperidine rings is 1. The molecule has 0 atom stereocenters. The second kappa shape index (κ2) is 7.86. The summed E-state index contributed by atoms with van der Waals surface area (Å²) in [6, 6.07) is 9.84.